The fourth-order valence-electron chi connectivity index (χ4n) is 2.71. The second-order valence-corrected chi connectivity index (χ2v) is 8.75. The third-order valence-electron chi connectivity index (χ3n) is 4.08. The molecule has 0 bridgehead atoms. The Morgan fingerprint density at radius 1 is 1.26 bits per heavy atom. The number of sulfonamides is 1. The number of fused-ring (bicyclic) bond motifs is 1. The van der Waals surface area contributed by atoms with E-state index in [-0.39, 0.29) is 34.1 Å². The van der Waals surface area contributed by atoms with Crippen LogP contribution in [0.5, 0.6) is 0 Å². The maximum Gasteiger partial charge on any atom is 0.326 e. The van der Waals surface area contributed by atoms with E-state index in [0.29, 0.717) is 10.2 Å². The number of ether oxygens (including phenoxy) is 1. The smallest absolute Gasteiger partial charge is 0.326 e. The van der Waals surface area contributed by atoms with Gasteiger partial charge in [-0.15, -0.1) is 0 Å². The molecule has 3 rings (SSSR count). The molecule has 2 N–H and O–H groups in total. The average molecular weight is 464 g/mol. The van der Waals surface area contributed by atoms with Crippen LogP contribution in [0.25, 0.3) is 10.2 Å². The number of carbonyl (C=O) groups is 2. The molecule has 0 fully saturated rings. The van der Waals surface area contributed by atoms with Crippen LogP contribution in [-0.2, 0) is 26.1 Å². The molecule has 162 valence electrons. The molecule has 0 spiro atoms. The SMILES string of the molecule is CCOC(=O)Cn1c(=NC(=O)c2cccc([N+](=O)[O-])c2)sc2cc(S(N)(=O)=O)ccc21. The van der Waals surface area contributed by atoms with E-state index in [2.05, 4.69) is 4.99 Å². The van der Waals surface area contributed by atoms with Crippen LogP contribution in [0.15, 0.2) is 52.4 Å². The van der Waals surface area contributed by atoms with E-state index < -0.39 is 26.8 Å². The van der Waals surface area contributed by atoms with Gasteiger partial charge in [-0.05, 0) is 31.2 Å². The van der Waals surface area contributed by atoms with E-state index in [1.165, 1.54) is 41.0 Å². The molecule has 1 aromatic heterocycles. The summed E-state index contributed by atoms with van der Waals surface area (Å²) in [6.45, 7) is 1.52. The van der Waals surface area contributed by atoms with Crippen molar-refractivity contribution in [2.75, 3.05) is 6.61 Å². The van der Waals surface area contributed by atoms with Gasteiger partial charge < -0.3 is 9.30 Å². The van der Waals surface area contributed by atoms with Gasteiger partial charge in [0.2, 0.25) is 10.0 Å². The van der Waals surface area contributed by atoms with Crippen LogP contribution >= 0.6 is 11.3 Å². The minimum Gasteiger partial charge on any atom is -0.465 e. The van der Waals surface area contributed by atoms with Crippen molar-refractivity contribution in [1.82, 2.24) is 4.57 Å². The molecule has 0 aliphatic carbocycles. The molecule has 3 aromatic rings. The van der Waals surface area contributed by atoms with Gasteiger partial charge in [-0.2, -0.15) is 4.99 Å². The molecule has 0 radical (unpaired) electrons. The Hall–Kier alpha value is -3.42. The molecule has 11 nitrogen and oxygen atoms in total. The standard InChI is InChI=1S/C18H16N4O7S2/c1-2-29-16(23)10-21-14-7-6-13(31(19,27)28)9-15(14)30-18(21)20-17(24)11-4-3-5-12(8-11)22(25)26/h3-9H,2,10H2,1H3,(H2,19,27,28). The lowest BCUT2D eigenvalue weighted by atomic mass is 10.2. The van der Waals surface area contributed by atoms with Crippen molar-refractivity contribution >= 4 is 49.1 Å². The highest BCUT2D eigenvalue weighted by Crippen LogP contribution is 2.22. The Labute approximate surface area is 179 Å². The summed E-state index contributed by atoms with van der Waals surface area (Å²) < 4.78 is 30.1. The van der Waals surface area contributed by atoms with Crippen LogP contribution < -0.4 is 9.94 Å². The summed E-state index contributed by atoms with van der Waals surface area (Å²) in [5.74, 6) is -1.35. The number of amides is 1. The number of hydrogen-bond donors (Lipinski definition) is 1. The number of aromatic nitrogens is 1. The zero-order chi connectivity index (χ0) is 22.8. The van der Waals surface area contributed by atoms with Crippen LogP contribution in [0.3, 0.4) is 0 Å². The summed E-state index contributed by atoms with van der Waals surface area (Å²) >= 11 is 0.962. The number of rotatable bonds is 6. The zero-order valence-electron chi connectivity index (χ0n) is 16.0. The summed E-state index contributed by atoms with van der Waals surface area (Å²) in [4.78, 5) is 39.0. The molecule has 0 aliphatic heterocycles. The van der Waals surface area contributed by atoms with E-state index in [0.717, 1.165) is 17.4 Å². The van der Waals surface area contributed by atoms with Gasteiger partial charge in [-0.1, -0.05) is 17.4 Å². The largest absolute Gasteiger partial charge is 0.465 e. The van der Waals surface area contributed by atoms with E-state index in [1.54, 1.807) is 6.92 Å². The molecule has 1 heterocycles. The third-order valence-corrected chi connectivity index (χ3v) is 6.03. The van der Waals surface area contributed by atoms with Crippen LogP contribution in [0, 0.1) is 10.1 Å². The number of primary sulfonamides is 1. The summed E-state index contributed by atoms with van der Waals surface area (Å²) in [6, 6.07) is 9.10. The van der Waals surface area contributed by atoms with Crippen LogP contribution in [-0.4, -0.2) is 36.4 Å². The minimum atomic E-state index is -3.96. The number of benzene rings is 2. The molecule has 31 heavy (non-hydrogen) atoms. The molecular weight excluding hydrogens is 448 g/mol. The third kappa shape index (κ3) is 5.02. The lowest BCUT2D eigenvalue weighted by Crippen LogP contribution is -2.23. The van der Waals surface area contributed by atoms with Crippen molar-refractivity contribution in [3.8, 4) is 0 Å². The Bertz CT molecular complexity index is 1370. The lowest BCUT2D eigenvalue weighted by molar-refractivity contribution is -0.384. The predicted octanol–water partition coefficient (Wildman–Crippen LogP) is 1.56. The molecule has 2 aromatic carbocycles. The van der Waals surface area contributed by atoms with Gasteiger partial charge in [0, 0.05) is 17.7 Å². The number of nitro groups is 1. The molecule has 0 aliphatic rings. The fraction of sp³-hybridized carbons (Fsp3) is 0.167. The van der Waals surface area contributed by atoms with Crippen LogP contribution in [0.4, 0.5) is 5.69 Å². The molecular formula is C18H16N4O7S2. The Morgan fingerprint density at radius 3 is 2.65 bits per heavy atom. The number of thiazole rings is 1. The van der Waals surface area contributed by atoms with Gasteiger partial charge in [0.25, 0.3) is 11.6 Å². The topological polar surface area (TPSA) is 164 Å². The highest BCUT2D eigenvalue weighted by atomic mass is 32.2. The molecule has 0 saturated carbocycles. The van der Waals surface area contributed by atoms with E-state index in [4.69, 9.17) is 9.88 Å². The average Bonchev–Trinajstić information content (AvgIpc) is 3.03. The zero-order valence-corrected chi connectivity index (χ0v) is 17.7. The molecule has 0 unspecified atom stereocenters. The summed E-state index contributed by atoms with van der Waals surface area (Å²) in [5.41, 5.74) is 0.158. The molecule has 0 saturated heterocycles. The minimum absolute atomic E-state index is 0.0143. The second-order valence-electron chi connectivity index (χ2n) is 6.17. The number of nitrogens with zero attached hydrogens (tertiary/aromatic N) is 3. The van der Waals surface area contributed by atoms with Crippen molar-refractivity contribution in [2.45, 2.75) is 18.4 Å². The lowest BCUT2D eigenvalue weighted by Gasteiger charge is -2.05. The fourth-order valence-corrected chi connectivity index (χ4v) is 4.39. The highest BCUT2D eigenvalue weighted by molar-refractivity contribution is 7.89. The number of nitro benzene ring substituents is 1. The number of carbonyl (C=O) groups excluding carboxylic acids is 2. The van der Waals surface area contributed by atoms with Crippen molar-refractivity contribution in [3.05, 3.63) is 62.9 Å². The highest BCUT2D eigenvalue weighted by Gasteiger charge is 2.17. The van der Waals surface area contributed by atoms with E-state index >= 15 is 0 Å². The first-order valence-corrected chi connectivity index (χ1v) is 11.1. The van der Waals surface area contributed by atoms with Crippen molar-refractivity contribution in [2.24, 2.45) is 10.1 Å². The van der Waals surface area contributed by atoms with Crippen molar-refractivity contribution in [1.29, 1.82) is 0 Å². The summed E-state index contributed by atoms with van der Waals surface area (Å²) in [7, 11) is -3.96. The van der Waals surface area contributed by atoms with Gasteiger partial charge in [0.1, 0.15) is 6.54 Å². The van der Waals surface area contributed by atoms with Gasteiger partial charge in [0.05, 0.1) is 26.6 Å². The summed E-state index contributed by atoms with van der Waals surface area (Å²) in [5, 5.41) is 16.1. The van der Waals surface area contributed by atoms with Crippen LogP contribution in [0.2, 0.25) is 0 Å². The van der Waals surface area contributed by atoms with Gasteiger partial charge in [0.15, 0.2) is 4.80 Å². The van der Waals surface area contributed by atoms with E-state index in [1.807, 2.05) is 0 Å². The van der Waals surface area contributed by atoms with E-state index in [9.17, 15) is 28.1 Å². The molecule has 0 atom stereocenters. The predicted molar refractivity (Wildman–Crippen MR) is 111 cm³/mol. The number of hydrogen-bond acceptors (Lipinski definition) is 8. The van der Waals surface area contributed by atoms with Gasteiger partial charge in [-0.25, -0.2) is 13.6 Å². The normalized spacial score (nSPS) is 12.1. The Balaban J connectivity index is 2.16. The molecule has 1 amide bonds. The Morgan fingerprint density at radius 2 is 2.00 bits per heavy atom. The molecule has 13 heteroatoms. The first kappa shape index (κ1) is 22.3. The second kappa shape index (κ2) is 8.75. The first-order chi connectivity index (χ1) is 14.6. The van der Waals surface area contributed by atoms with Gasteiger partial charge in [-0.3, -0.25) is 19.7 Å². The number of esters is 1. The monoisotopic (exact) mass is 464 g/mol. The van der Waals surface area contributed by atoms with Gasteiger partial charge >= 0.3 is 5.97 Å². The summed E-state index contributed by atoms with van der Waals surface area (Å²) in [6.07, 6.45) is 0. The Kier molecular flexibility index (Phi) is 6.29. The number of nitrogens with two attached hydrogens (primary N) is 1. The van der Waals surface area contributed by atoms with Crippen molar-refractivity contribution < 1.29 is 27.7 Å². The maximum atomic E-state index is 12.6. The number of non-ortho nitro benzene ring substituents is 1. The maximum absolute atomic E-state index is 12.6. The van der Waals surface area contributed by atoms with Crippen molar-refractivity contribution in [3.63, 3.8) is 0 Å². The first-order valence-electron chi connectivity index (χ1n) is 8.75. The van der Waals surface area contributed by atoms with Crippen LogP contribution in [0.1, 0.15) is 17.3 Å². The quantitative estimate of drug-likeness (QED) is 0.328.